The molecule has 2 atom stereocenters. The van der Waals surface area contributed by atoms with Gasteiger partial charge in [-0.15, -0.1) is 0 Å². The third-order valence-corrected chi connectivity index (χ3v) is 3.07. The van der Waals surface area contributed by atoms with Crippen LogP contribution in [0.1, 0.15) is 6.92 Å². The Labute approximate surface area is 58.5 Å². The Kier molecular flexibility index (Phi) is 2.66. The summed E-state index contributed by atoms with van der Waals surface area (Å²) in [5.41, 5.74) is 0. The fourth-order valence-corrected chi connectivity index (χ4v) is 2.29. The highest BCUT2D eigenvalue weighted by atomic mass is 32.2. The van der Waals surface area contributed by atoms with Crippen molar-refractivity contribution in [3.63, 3.8) is 0 Å². The predicted molar refractivity (Wildman–Crippen MR) is 39.9 cm³/mol. The van der Waals surface area contributed by atoms with Crippen LogP contribution in [-0.4, -0.2) is 28.8 Å². The Morgan fingerprint density at radius 3 is 3.22 bits per heavy atom. The average molecular weight is 147 g/mol. The summed E-state index contributed by atoms with van der Waals surface area (Å²) < 4.78 is 11.0. The molecule has 0 aromatic carbocycles. The zero-order chi connectivity index (χ0) is 6.69. The molecule has 0 unspecified atom stereocenters. The monoisotopic (exact) mass is 147 g/mol. The van der Waals surface area contributed by atoms with Gasteiger partial charge in [0, 0.05) is 28.9 Å². The minimum Gasteiger partial charge on any atom is -0.316 e. The van der Waals surface area contributed by atoms with Crippen LogP contribution in [0.5, 0.6) is 0 Å². The Morgan fingerprint density at radius 1 is 1.67 bits per heavy atom. The topological polar surface area (TPSA) is 29.1 Å². The maximum atomic E-state index is 11.0. The second kappa shape index (κ2) is 3.32. The molecule has 54 valence electrons. The van der Waals surface area contributed by atoms with Crippen LogP contribution >= 0.6 is 0 Å². The van der Waals surface area contributed by atoms with E-state index in [1.807, 2.05) is 0 Å². The van der Waals surface area contributed by atoms with E-state index in [0.29, 0.717) is 5.92 Å². The minimum atomic E-state index is -0.550. The van der Waals surface area contributed by atoms with Gasteiger partial charge in [0.05, 0.1) is 0 Å². The molecule has 0 aliphatic carbocycles. The first-order chi connectivity index (χ1) is 4.29. The SMILES string of the molecule is C[C@H]1CNCC[S@](=O)C1. The quantitative estimate of drug-likeness (QED) is 0.521. The number of rotatable bonds is 0. The van der Waals surface area contributed by atoms with Crippen molar-refractivity contribution in [2.75, 3.05) is 24.6 Å². The van der Waals surface area contributed by atoms with E-state index >= 15 is 0 Å². The minimum absolute atomic E-state index is 0.550. The van der Waals surface area contributed by atoms with Crippen LogP contribution < -0.4 is 5.32 Å². The van der Waals surface area contributed by atoms with Gasteiger partial charge in [0.15, 0.2) is 0 Å². The second-order valence-electron chi connectivity index (χ2n) is 2.62. The van der Waals surface area contributed by atoms with E-state index in [4.69, 9.17) is 0 Å². The third kappa shape index (κ3) is 2.45. The molecule has 1 aliphatic rings. The highest BCUT2D eigenvalue weighted by Gasteiger charge is 2.10. The van der Waals surface area contributed by atoms with E-state index in [0.717, 1.165) is 24.6 Å². The van der Waals surface area contributed by atoms with Crippen molar-refractivity contribution in [2.24, 2.45) is 5.92 Å². The van der Waals surface area contributed by atoms with Crippen molar-refractivity contribution < 1.29 is 4.21 Å². The van der Waals surface area contributed by atoms with Gasteiger partial charge in [-0.2, -0.15) is 0 Å². The standard InChI is InChI=1S/C6H13NOS/c1-6-4-7-2-3-9(8)5-6/h6-7H,2-5H2,1H3/t6-,9-/m0/s1. The third-order valence-electron chi connectivity index (χ3n) is 1.47. The summed E-state index contributed by atoms with van der Waals surface area (Å²) in [5.74, 6) is 2.31. The van der Waals surface area contributed by atoms with Gasteiger partial charge >= 0.3 is 0 Å². The van der Waals surface area contributed by atoms with Crippen molar-refractivity contribution in [1.29, 1.82) is 0 Å². The summed E-state index contributed by atoms with van der Waals surface area (Å²) >= 11 is 0. The molecule has 0 bridgehead atoms. The van der Waals surface area contributed by atoms with Gasteiger partial charge in [0.1, 0.15) is 0 Å². The molecule has 1 N–H and O–H groups in total. The Hall–Kier alpha value is 0.110. The molecular formula is C6H13NOS. The van der Waals surface area contributed by atoms with Crippen LogP contribution in [0.2, 0.25) is 0 Å². The predicted octanol–water partition coefficient (Wildman–Crippen LogP) is -0.0256. The molecule has 0 aromatic rings. The summed E-state index contributed by atoms with van der Waals surface area (Å²) in [6.45, 7) is 4.10. The number of hydrogen-bond acceptors (Lipinski definition) is 2. The Bertz CT molecular complexity index is 116. The molecule has 2 nitrogen and oxygen atoms in total. The molecule has 1 fully saturated rings. The second-order valence-corrected chi connectivity index (χ2v) is 4.24. The van der Waals surface area contributed by atoms with Crippen molar-refractivity contribution >= 4 is 10.8 Å². The summed E-state index contributed by atoms with van der Waals surface area (Å²) in [6.07, 6.45) is 0. The molecule has 0 saturated carbocycles. The number of nitrogens with one attached hydrogen (secondary N) is 1. The first kappa shape index (κ1) is 7.22. The van der Waals surface area contributed by atoms with Gasteiger partial charge in [0.2, 0.25) is 0 Å². The van der Waals surface area contributed by atoms with E-state index in [2.05, 4.69) is 12.2 Å². The summed E-state index contributed by atoms with van der Waals surface area (Å²) in [6, 6.07) is 0. The van der Waals surface area contributed by atoms with Gasteiger partial charge < -0.3 is 5.32 Å². The molecule has 1 saturated heterocycles. The van der Waals surface area contributed by atoms with Crippen LogP contribution in [0, 0.1) is 5.92 Å². The molecule has 1 aliphatic heterocycles. The lowest BCUT2D eigenvalue weighted by Crippen LogP contribution is -2.20. The molecule has 0 amide bonds. The smallest absolute Gasteiger partial charge is 0.0360 e. The maximum Gasteiger partial charge on any atom is 0.0360 e. The van der Waals surface area contributed by atoms with Crippen LogP contribution in [0.3, 0.4) is 0 Å². The van der Waals surface area contributed by atoms with Gasteiger partial charge in [-0.3, -0.25) is 4.21 Å². The maximum absolute atomic E-state index is 11.0. The van der Waals surface area contributed by atoms with Gasteiger partial charge in [-0.05, 0) is 12.5 Å². The van der Waals surface area contributed by atoms with Gasteiger partial charge in [-0.25, -0.2) is 0 Å². The molecule has 0 spiro atoms. The fourth-order valence-electron chi connectivity index (χ4n) is 0.994. The molecule has 1 heterocycles. The fraction of sp³-hybridized carbons (Fsp3) is 1.00. The molecule has 1 rings (SSSR count). The summed E-state index contributed by atoms with van der Waals surface area (Å²) in [5, 5.41) is 3.23. The molecular weight excluding hydrogens is 134 g/mol. The lowest BCUT2D eigenvalue weighted by atomic mass is 10.2. The molecule has 3 heteroatoms. The Balaban J connectivity index is 2.37. The van der Waals surface area contributed by atoms with Crippen LogP contribution in [-0.2, 0) is 10.8 Å². The largest absolute Gasteiger partial charge is 0.316 e. The van der Waals surface area contributed by atoms with Crippen molar-refractivity contribution in [3.05, 3.63) is 0 Å². The highest BCUT2D eigenvalue weighted by molar-refractivity contribution is 7.85. The lowest BCUT2D eigenvalue weighted by molar-refractivity contribution is 0.584. The van der Waals surface area contributed by atoms with Crippen LogP contribution in [0.15, 0.2) is 0 Å². The van der Waals surface area contributed by atoms with Gasteiger partial charge in [-0.1, -0.05) is 6.92 Å². The molecule has 0 radical (unpaired) electrons. The van der Waals surface area contributed by atoms with E-state index in [9.17, 15) is 4.21 Å². The summed E-state index contributed by atoms with van der Waals surface area (Å²) in [7, 11) is -0.550. The molecule has 0 aromatic heterocycles. The highest BCUT2D eigenvalue weighted by Crippen LogP contribution is 1.99. The average Bonchev–Trinajstić information content (AvgIpc) is 1.93. The van der Waals surface area contributed by atoms with Crippen LogP contribution in [0.25, 0.3) is 0 Å². The molecule has 9 heavy (non-hydrogen) atoms. The lowest BCUT2D eigenvalue weighted by Gasteiger charge is -2.03. The van der Waals surface area contributed by atoms with E-state index in [-0.39, 0.29) is 0 Å². The van der Waals surface area contributed by atoms with Gasteiger partial charge in [0.25, 0.3) is 0 Å². The van der Waals surface area contributed by atoms with E-state index < -0.39 is 10.8 Å². The van der Waals surface area contributed by atoms with Crippen molar-refractivity contribution in [2.45, 2.75) is 6.92 Å². The van der Waals surface area contributed by atoms with Crippen molar-refractivity contribution in [3.8, 4) is 0 Å². The Morgan fingerprint density at radius 2 is 2.44 bits per heavy atom. The first-order valence-electron chi connectivity index (χ1n) is 3.34. The van der Waals surface area contributed by atoms with Crippen molar-refractivity contribution in [1.82, 2.24) is 5.32 Å². The summed E-state index contributed by atoms with van der Waals surface area (Å²) in [4.78, 5) is 0. The number of hydrogen-bond donors (Lipinski definition) is 1. The normalized spacial score (nSPS) is 37.9. The van der Waals surface area contributed by atoms with E-state index in [1.54, 1.807) is 0 Å². The first-order valence-corrected chi connectivity index (χ1v) is 4.83. The zero-order valence-corrected chi connectivity index (χ0v) is 6.54. The zero-order valence-electron chi connectivity index (χ0n) is 5.72. The van der Waals surface area contributed by atoms with E-state index in [1.165, 1.54) is 0 Å². The van der Waals surface area contributed by atoms with Crippen LogP contribution in [0.4, 0.5) is 0 Å².